The molecule has 0 aliphatic carbocycles. The molecule has 2 aromatic rings. The lowest BCUT2D eigenvalue weighted by atomic mass is 10.0. The SMILES string of the molecule is NCC1CCCCN1C(=O)c1nccc2ccccc12. The van der Waals surface area contributed by atoms with Crippen LogP contribution in [-0.4, -0.2) is 34.9 Å². The first-order chi connectivity index (χ1) is 9.81. The van der Waals surface area contributed by atoms with E-state index in [0.717, 1.165) is 36.6 Å². The largest absolute Gasteiger partial charge is 0.333 e. The van der Waals surface area contributed by atoms with Gasteiger partial charge < -0.3 is 10.6 Å². The van der Waals surface area contributed by atoms with Gasteiger partial charge in [-0.2, -0.15) is 0 Å². The van der Waals surface area contributed by atoms with Gasteiger partial charge in [0.05, 0.1) is 0 Å². The minimum atomic E-state index is 0.0111. The third-order valence-corrected chi connectivity index (χ3v) is 4.04. The maximum absolute atomic E-state index is 12.8. The molecule has 3 rings (SSSR count). The Morgan fingerprint density at radius 1 is 1.30 bits per heavy atom. The van der Waals surface area contributed by atoms with Crippen molar-refractivity contribution in [2.75, 3.05) is 13.1 Å². The number of carbonyl (C=O) groups excluding carboxylic acids is 1. The van der Waals surface area contributed by atoms with E-state index in [-0.39, 0.29) is 11.9 Å². The Morgan fingerprint density at radius 2 is 2.15 bits per heavy atom. The summed E-state index contributed by atoms with van der Waals surface area (Å²) in [7, 11) is 0. The second-order valence-corrected chi connectivity index (χ2v) is 5.26. The number of aromatic nitrogens is 1. The Kier molecular flexibility index (Phi) is 3.65. The Bertz CT molecular complexity index is 621. The Hall–Kier alpha value is -1.94. The monoisotopic (exact) mass is 269 g/mol. The molecule has 1 unspecified atom stereocenters. The van der Waals surface area contributed by atoms with Gasteiger partial charge in [-0.3, -0.25) is 9.78 Å². The first kappa shape index (κ1) is 13.1. The average Bonchev–Trinajstić information content (AvgIpc) is 2.53. The topological polar surface area (TPSA) is 59.2 Å². The van der Waals surface area contributed by atoms with Crippen molar-refractivity contribution in [1.82, 2.24) is 9.88 Å². The summed E-state index contributed by atoms with van der Waals surface area (Å²) in [6.07, 6.45) is 4.89. The fourth-order valence-corrected chi connectivity index (χ4v) is 2.94. The second kappa shape index (κ2) is 5.59. The van der Waals surface area contributed by atoms with Crippen molar-refractivity contribution in [3.63, 3.8) is 0 Å². The second-order valence-electron chi connectivity index (χ2n) is 5.26. The number of nitrogens with zero attached hydrogens (tertiary/aromatic N) is 2. The van der Waals surface area contributed by atoms with Crippen LogP contribution in [0, 0.1) is 0 Å². The number of carbonyl (C=O) groups is 1. The molecular formula is C16H19N3O. The summed E-state index contributed by atoms with van der Waals surface area (Å²) in [6.45, 7) is 1.31. The molecule has 0 spiro atoms. The van der Waals surface area contributed by atoms with Crippen molar-refractivity contribution >= 4 is 16.7 Å². The fourth-order valence-electron chi connectivity index (χ4n) is 2.94. The smallest absolute Gasteiger partial charge is 0.273 e. The molecule has 1 fully saturated rings. The molecule has 1 aromatic heterocycles. The van der Waals surface area contributed by atoms with E-state index in [1.807, 2.05) is 35.2 Å². The summed E-state index contributed by atoms with van der Waals surface area (Å²) in [5.74, 6) is 0.0111. The Labute approximate surface area is 118 Å². The highest BCUT2D eigenvalue weighted by Crippen LogP contribution is 2.22. The maximum Gasteiger partial charge on any atom is 0.273 e. The number of fused-ring (bicyclic) bond motifs is 1. The minimum absolute atomic E-state index is 0.0111. The zero-order valence-electron chi connectivity index (χ0n) is 11.5. The van der Waals surface area contributed by atoms with E-state index in [1.165, 1.54) is 0 Å². The predicted octanol–water partition coefficient (Wildman–Crippen LogP) is 2.19. The van der Waals surface area contributed by atoms with E-state index in [1.54, 1.807) is 6.20 Å². The molecule has 1 atom stereocenters. The van der Waals surface area contributed by atoms with Crippen LogP contribution in [0.2, 0.25) is 0 Å². The number of likely N-dealkylation sites (tertiary alicyclic amines) is 1. The molecule has 4 heteroatoms. The molecule has 1 aliphatic heterocycles. The maximum atomic E-state index is 12.8. The summed E-state index contributed by atoms with van der Waals surface area (Å²) in [5, 5.41) is 1.97. The number of rotatable bonds is 2. The van der Waals surface area contributed by atoms with Crippen LogP contribution >= 0.6 is 0 Å². The molecule has 104 valence electrons. The number of amides is 1. The van der Waals surface area contributed by atoms with Crippen molar-refractivity contribution in [2.45, 2.75) is 25.3 Å². The first-order valence-corrected chi connectivity index (χ1v) is 7.16. The predicted molar refractivity (Wildman–Crippen MR) is 79.5 cm³/mol. The van der Waals surface area contributed by atoms with Crippen molar-refractivity contribution < 1.29 is 4.79 Å². The molecule has 1 amide bonds. The van der Waals surface area contributed by atoms with Gasteiger partial charge in [-0.15, -0.1) is 0 Å². The first-order valence-electron chi connectivity index (χ1n) is 7.16. The molecule has 0 saturated carbocycles. The van der Waals surface area contributed by atoms with Gasteiger partial charge in [0, 0.05) is 30.7 Å². The van der Waals surface area contributed by atoms with Crippen molar-refractivity contribution in [2.24, 2.45) is 5.73 Å². The van der Waals surface area contributed by atoms with Crippen LogP contribution in [0.4, 0.5) is 0 Å². The number of pyridine rings is 1. The Balaban J connectivity index is 1.99. The third-order valence-electron chi connectivity index (χ3n) is 4.04. The van der Waals surface area contributed by atoms with Gasteiger partial charge >= 0.3 is 0 Å². The molecule has 2 heterocycles. The van der Waals surface area contributed by atoms with Crippen molar-refractivity contribution in [3.8, 4) is 0 Å². The van der Waals surface area contributed by atoms with Crippen LogP contribution in [0.15, 0.2) is 36.5 Å². The van der Waals surface area contributed by atoms with E-state index in [9.17, 15) is 4.79 Å². The summed E-state index contributed by atoms with van der Waals surface area (Å²) in [5.41, 5.74) is 6.35. The van der Waals surface area contributed by atoms with E-state index in [0.29, 0.717) is 12.2 Å². The summed E-state index contributed by atoms with van der Waals surface area (Å²) < 4.78 is 0. The zero-order valence-corrected chi connectivity index (χ0v) is 11.5. The summed E-state index contributed by atoms with van der Waals surface area (Å²) in [4.78, 5) is 19.0. The molecule has 20 heavy (non-hydrogen) atoms. The highest BCUT2D eigenvalue weighted by Gasteiger charge is 2.27. The summed E-state index contributed by atoms with van der Waals surface area (Å²) >= 11 is 0. The number of hydrogen-bond donors (Lipinski definition) is 1. The lowest BCUT2D eigenvalue weighted by Crippen LogP contribution is -2.47. The zero-order chi connectivity index (χ0) is 13.9. The van der Waals surface area contributed by atoms with Crippen LogP contribution < -0.4 is 5.73 Å². The van der Waals surface area contributed by atoms with E-state index in [4.69, 9.17) is 5.73 Å². The number of hydrogen-bond acceptors (Lipinski definition) is 3. The van der Waals surface area contributed by atoms with Gasteiger partial charge in [0.25, 0.3) is 5.91 Å². The lowest BCUT2D eigenvalue weighted by Gasteiger charge is -2.35. The molecule has 4 nitrogen and oxygen atoms in total. The molecule has 1 saturated heterocycles. The third kappa shape index (κ3) is 2.27. The fraction of sp³-hybridized carbons (Fsp3) is 0.375. The molecule has 0 radical (unpaired) electrons. The molecule has 0 bridgehead atoms. The number of nitrogens with two attached hydrogens (primary N) is 1. The van der Waals surface area contributed by atoms with Gasteiger partial charge in [0.15, 0.2) is 0 Å². The van der Waals surface area contributed by atoms with Gasteiger partial charge in [-0.05, 0) is 30.7 Å². The standard InChI is InChI=1S/C16H19N3O/c17-11-13-6-3-4-10-19(13)16(20)15-14-7-2-1-5-12(14)8-9-18-15/h1-2,5,7-9,13H,3-4,6,10-11,17H2. The Morgan fingerprint density at radius 3 is 3.00 bits per heavy atom. The number of piperidine rings is 1. The highest BCUT2D eigenvalue weighted by molar-refractivity contribution is 6.05. The minimum Gasteiger partial charge on any atom is -0.333 e. The number of benzene rings is 1. The average molecular weight is 269 g/mol. The van der Waals surface area contributed by atoms with Gasteiger partial charge in [0.2, 0.25) is 0 Å². The van der Waals surface area contributed by atoms with Gasteiger partial charge in [-0.1, -0.05) is 24.3 Å². The molecular weight excluding hydrogens is 250 g/mol. The van der Waals surface area contributed by atoms with Crippen molar-refractivity contribution in [3.05, 3.63) is 42.2 Å². The molecule has 1 aliphatic rings. The van der Waals surface area contributed by atoms with E-state index < -0.39 is 0 Å². The van der Waals surface area contributed by atoms with Crippen molar-refractivity contribution in [1.29, 1.82) is 0 Å². The van der Waals surface area contributed by atoms with Crippen LogP contribution in [0.25, 0.3) is 10.8 Å². The van der Waals surface area contributed by atoms with Crippen LogP contribution in [-0.2, 0) is 0 Å². The van der Waals surface area contributed by atoms with Gasteiger partial charge in [0.1, 0.15) is 5.69 Å². The van der Waals surface area contributed by atoms with E-state index >= 15 is 0 Å². The van der Waals surface area contributed by atoms with Crippen LogP contribution in [0.3, 0.4) is 0 Å². The van der Waals surface area contributed by atoms with Crippen LogP contribution in [0.1, 0.15) is 29.8 Å². The normalized spacial score (nSPS) is 19.2. The molecule has 1 aromatic carbocycles. The van der Waals surface area contributed by atoms with E-state index in [2.05, 4.69) is 4.98 Å². The van der Waals surface area contributed by atoms with Crippen LogP contribution in [0.5, 0.6) is 0 Å². The molecule has 2 N–H and O–H groups in total. The summed E-state index contributed by atoms with van der Waals surface area (Å²) in [6, 6.07) is 9.96. The van der Waals surface area contributed by atoms with Gasteiger partial charge in [-0.25, -0.2) is 0 Å². The quantitative estimate of drug-likeness (QED) is 0.909. The highest BCUT2D eigenvalue weighted by atomic mass is 16.2. The lowest BCUT2D eigenvalue weighted by molar-refractivity contribution is 0.0619.